The smallest absolute Gasteiger partial charge is 0.319 e. The lowest BCUT2D eigenvalue weighted by atomic mass is 10.3. The van der Waals surface area contributed by atoms with Gasteiger partial charge in [-0.15, -0.1) is 0 Å². The zero-order valence-electron chi connectivity index (χ0n) is 14.0. The van der Waals surface area contributed by atoms with Gasteiger partial charge in [0.2, 0.25) is 0 Å². The van der Waals surface area contributed by atoms with Crippen LogP contribution in [0.3, 0.4) is 0 Å². The van der Waals surface area contributed by atoms with Crippen LogP contribution in [0, 0.1) is 0 Å². The molecule has 0 aliphatic heterocycles. The predicted octanol–water partition coefficient (Wildman–Crippen LogP) is 2.30. The Morgan fingerprint density at radius 2 is 1.44 bits per heavy atom. The van der Waals surface area contributed by atoms with Gasteiger partial charge < -0.3 is 20.1 Å². The van der Waals surface area contributed by atoms with Crippen LogP contribution < -0.4 is 20.1 Å². The van der Waals surface area contributed by atoms with Crippen molar-refractivity contribution in [3.63, 3.8) is 0 Å². The molecule has 2 N–H and O–H groups in total. The highest BCUT2D eigenvalue weighted by Crippen LogP contribution is 2.17. The predicted molar refractivity (Wildman–Crippen MR) is 95.1 cm³/mol. The number of urea groups is 1. The Bertz CT molecular complexity index is 802. The number of carbonyl (C=O) groups excluding carboxylic acids is 1. The number of ether oxygens (including phenoxy) is 2. The van der Waals surface area contributed by atoms with Crippen molar-refractivity contribution in [2.75, 3.05) is 31.8 Å². The number of carbonyl (C=O) groups is 1. The standard InChI is InChI=1S/C17H20N2O5S/c1-23-14-5-3-13(4-6-14)19-17(20)18-11-12-25(21,22)16-9-7-15(24-2)8-10-16/h3-10H,11-12H2,1-2H3,(H2,18,19,20). The maximum absolute atomic E-state index is 12.2. The third-order valence-electron chi connectivity index (χ3n) is 3.42. The molecule has 2 rings (SSSR count). The quantitative estimate of drug-likeness (QED) is 0.786. The zero-order chi connectivity index (χ0) is 18.3. The van der Waals surface area contributed by atoms with E-state index in [-0.39, 0.29) is 17.2 Å². The third kappa shape index (κ3) is 5.39. The third-order valence-corrected chi connectivity index (χ3v) is 5.15. The van der Waals surface area contributed by atoms with E-state index in [0.717, 1.165) is 0 Å². The number of anilines is 1. The topological polar surface area (TPSA) is 93.7 Å². The average Bonchev–Trinajstić information content (AvgIpc) is 2.62. The molecule has 2 aromatic rings. The van der Waals surface area contributed by atoms with Gasteiger partial charge in [-0.1, -0.05) is 0 Å². The number of methoxy groups -OCH3 is 2. The summed E-state index contributed by atoms with van der Waals surface area (Å²) in [5.41, 5.74) is 0.580. The van der Waals surface area contributed by atoms with E-state index in [4.69, 9.17) is 9.47 Å². The maximum atomic E-state index is 12.2. The average molecular weight is 364 g/mol. The normalized spacial score (nSPS) is 10.8. The van der Waals surface area contributed by atoms with E-state index in [1.807, 2.05) is 0 Å². The van der Waals surface area contributed by atoms with Crippen molar-refractivity contribution >= 4 is 21.6 Å². The van der Waals surface area contributed by atoms with Crippen LogP contribution in [0.2, 0.25) is 0 Å². The molecule has 0 aromatic heterocycles. The molecule has 134 valence electrons. The first kappa shape index (κ1) is 18.6. The minimum absolute atomic E-state index is 0.00362. The van der Waals surface area contributed by atoms with Crippen molar-refractivity contribution < 1.29 is 22.7 Å². The number of nitrogens with one attached hydrogen (secondary N) is 2. The van der Waals surface area contributed by atoms with Gasteiger partial charge in [-0.05, 0) is 48.5 Å². The molecular weight excluding hydrogens is 344 g/mol. The Morgan fingerprint density at radius 3 is 1.96 bits per heavy atom. The summed E-state index contributed by atoms with van der Waals surface area (Å²) in [5, 5.41) is 5.14. The molecule has 8 heteroatoms. The van der Waals surface area contributed by atoms with Gasteiger partial charge >= 0.3 is 6.03 Å². The molecule has 0 spiro atoms. The summed E-state index contributed by atoms with van der Waals surface area (Å²) in [6.45, 7) is -0.00362. The van der Waals surface area contributed by atoms with Gasteiger partial charge in [0.25, 0.3) is 0 Å². The lowest BCUT2D eigenvalue weighted by molar-refractivity contribution is 0.252. The fourth-order valence-corrected chi connectivity index (χ4v) is 3.21. The molecule has 0 radical (unpaired) electrons. The molecule has 0 aliphatic carbocycles. The molecule has 2 aromatic carbocycles. The number of benzene rings is 2. The SMILES string of the molecule is COc1ccc(NC(=O)NCCS(=O)(=O)c2ccc(OC)cc2)cc1. The Balaban J connectivity index is 1.84. The highest BCUT2D eigenvalue weighted by atomic mass is 32.2. The van der Waals surface area contributed by atoms with Crippen molar-refractivity contribution in [1.29, 1.82) is 0 Å². The van der Waals surface area contributed by atoms with Crippen LogP contribution in [0.5, 0.6) is 11.5 Å². The largest absolute Gasteiger partial charge is 0.497 e. The fraction of sp³-hybridized carbons (Fsp3) is 0.235. The van der Waals surface area contributed by atoms with Crippen molar-refractivity contribution in [2.45, 2.75) is 4.90 Å². The number of rotatable bonds is 7. The van der Waals surface area contributed by atoms with E-state index < -0.39 is 15.9 Å². The Labute approximate surface area is 146 Å². The van der Waals surface area contributed by atoms with E-state index in [9.17, 15) is 13.2 Å². The summed E-state index contributed by atoms with van der Waals surface area (Å²) in [6, 6.07) is 12.4. The number of hydrogen-bond donors (Lipinski definition) is 2. The van der Waals surface area contributed by atoms with Gasteiger partial charge in [-0.2, -0.15) is 0 Å². The molecule has 0 atom stereocenters. The molecule has 0 saturated heterocycles. The molecule has 25 heavy (non-hydrogen) atoms. The van der Waals surface area contributed by atoms with Gasteiger partial charge in [0, 0.05) is 12.2 Å². The molecule has 0 bridgehead atoms. The highest BCUT2D eigenvalue weighted by Gasteiger charge is 2.14. The molecule has 0 heterocycles. The van der Waals surface area contributed by atoms with Gasteiger partial charge in [-0.3, -0.25) is 0 Å². The highest BCUT2D eigenvalue weighted by molar-refractivity contribution is 7.91. The summed E-state index contributed by atoms with van der Waals surface area (Å²) < 4.78 is 34.5. The first-order valence-electron chi connectivity index (χ1n) is 7.50. The molecule has 0 fully saturated rings. The van der Waals surface area contributed by atoms with Crippen molar-refractivity contribution in [1.82, 2.24) is 5.32 Å². The van der Waals surface area contributed by atoms with Crippen LogP contribution in [-0.4, -0.2) is 41.0 Å². The molecule has 0 saturated carbocycles. The van der Waals surface area contributed by atoms with Crippen molar-refractivity contribution in [3.05, 3.63) is 48.5 Å². The van der Waals surface area contributed by atoms with Gasteiger partial charge in [0.05, 0.1) is 24.9 Å². The van der Waals surface area contributed by atoms with Gasteiger partial charge in [0.15, 0.2) is 9.84 Å². The van der Waals surface area contributed by atoms with Gasteiger partial charge in [0.1, 0.15) is 11.5 Å². The van der Waals surface area contributed by atoms with Crippen LogP contribution in [0.1, 0.15) is 0 Å². The van der Waals surface area contributed by atoms with E-state index >= 15 is 0 Å². The molecule has 0 unspecified atom stereocenters. The summed E-state index contributed by atoms with van der Waals surface area (Å²) >= 11 is 0. The monoisotopic (exact) mass is 364 g/mol. The second kappa shape index (κ2) is 8.39. The Hall–Kier alpha value is -2.74. The number of amides is 2. The van der Waals surface area contributed by atoms with Crippen LogP contribution in [0.4, 0.5) is 10.5 Å². The van der Waals surface area contributed by atoms with Crippen LogP contribution in [0.15, 0.2) is 53.4 Å². The summed E-state index contributed by atoms with van der Waals surface area (Å²) in [6.07, 6.45) is 0. The summed E-state index contributed by atoms with van der Waals surface area (Å²) in [7, 11) is -0.415. The lowest BCUT2D eigenvalue weighted by Gasteiger charge is -2.09. The minimum Gasteiger partial charge on any atom is -0.497 e. The molecule has 7 nitrogen and oxygen atoms in total. The Kier molecular flexibility index (Phi) is 6.24. The fourth-order valence-electron chi connectivity index (χ4n) is 2.05. The lowest BCUT2D eigenvalue weighted by Crippen LogP contribution is -2.32. The molecule has 0 aliphatic rings. The molecule has 2 amide bonds. The first-order valence-corrected chi connectivity index (χ1v) is 9.15. The van der Waals surface area contributed by atoms with Crippen molar-refractivity contribution in [3.8, 4) is 11.5 Å². The zero-order valence-corrected chi connectivity index (χ0v) is 14.8. The summed E-state index contributed by atoms with van der Waals surface area (Å²) in [5.74, 6) is 1.06. The number of sulfone groups is 1. The van der Waals surface area contributed by atoms with E-state index in [1.165, 1.54) is 19.2 Å². The van der Waals surface area contributed by atoms with Crippen molar-refractivity contribution in [2.24, 2.45) is 0 Å². The maximum Gasteiger partial charge on any atom is 0.319 e. The second-order valence-corrected chi connectivity index (χ2v) is 7.21. The molecular formula is C17H20N2O5S. The van der Waals surface area contributed by atoms with Crippen LogP contribution in [0.25, 0.3) is 0 Å². The Morgan fingerprint density at radius 1 is 0.920 bits per heavy atom. The van der Waals surface area contributed by atoms with Crippen LogP contribution >= 0.6 is 0 Å². The first-order chi connectivity index (χ1) is 11.9. The summed E-state index contributed by atoms with van der Waals surface area (Å²) in [4.78, 5) is 12.0. The van der Waals surface area contributed by atoms with Gasteiger partial charge in [-0.25, -0.2) is 13.2 Å². The second-order valence-electron chi connectivity index (χ2n) is 5.10. The minimum atomic E-state index is -3.48. The van der Waals surface area contributed by atoms with E-state index in [0.29, 0.717) is 17.2 Å². The van der Waals surface area contributed by atoms with Crippen LogP contribution in [-0.2, 0) is 9.84 Å². The van der Waals surface area contributed by atoms with E-state index in [1.54, 1.807) is 43.5 Å². The number of hydrogen-bond acceptors (Lipinski definition) is 5. The van der Waals surface area contributed by atoms with E-state index in [2.05, 4.69) is 10.6 Å².